The first-order valence-corrected chi connectivity index (χ1v) is 11.2. The molecule has 1 amide bonds. The van der Waals surface area contributed by atoms with Crippen molar-refractivity contribution in [1.29, 1.82) is 0 Å². The van der Waals surface area contributed by atoms with E-state index in [1.165, 1.54) is 0 Å². The van der Waals surface area contributed by atoms with E-state index in [1.807, 2.05) is 18.7 Å². The van der Waals surface area contributed by atoms with Crippen LogP contribution in [0.2, 0.25) is 0 Å². The summed E-state index contributed by atoms with van der Waals surface area (Å²) >= 11 is 0. The van der Waals surface area contributed by atoms with Gasteiger partial charge in [-0.25, -0.2) is 0 Å². The smallest absolute Gasteiger partial charge is 0.224 e. The fourth-order valence-electron chi connectivity index (χ4n) is 3.85. The number of aliphatic imine (C=N–C) groups is 1. The van der Waals surface area contributed by atoms with Gasteiger partial charge in [-0.15, -0.1) is 24.0 Å². The third-order valence-electron chi connectivity index (χ3n) is 5.64. The Hall–Kier alpha value is -0.610. The fourth-order valence-corrected chi connectivity index (χ4v) is 3.85. The summed E-state index contributed by atoms with van der Waals surface area (Å²) in [6.45, 7) is 18.0. The number of carbonyl (C=O) groups excluding carboxylic acids is 1. The molecule has 1 atom stereocenters. The van der Waals surface area contributed by atoms with Gasteiger partial charge in [0.25, 0.3) is 0 Å². The van der Waals surface area contributed by atoms with Crippen LogP contribution in [0.5, 0.6) is 0 Å². The summed E-state index contributed by atoms with van der Waals surface area (Å²) in [6, 6.07) is 0.437. The molecule has 172 valence electrons. The minimum atomic E-state index is 0. The van der Waals surface area contributed by atoms with E-state index in [1.54, 1.807) is 0 Å². The molecule has 0 aromatic carbocycles. The molecule has 0 spiro atoms. The van der Waals surface area contributed by atoms with Crippen LogP contribution in [-0.2, 0) is 9.53 Å². The maximum Gasteiger partial charge on any atom is 0.224 e. The number of amides is 1. The molecule has 1 saturated heterocycles. The van der Waals surface area contributed by atoms with Gasteiger partial charge >= 0.3 is 0 Å². The van der Waals surface area contributed by atoms with Crippen molar-refractivity contribution in [3.63, 3.8) is 0 Å². The summed E-state index contributed by atoms with van der Waals surface area (Å²) < 4.78 is 5.54. The molecule has 8 heteroatoms. The molecule has 1 aliphatic rings. The minimum absolute atomic E-state index is 0. The lowest BCUT2D eigenvalue weighted by Gasteiger charge is -2.38. The van der Waals surface area contributed by atoms with Crippen molar-refractivity contribution >= 4 is 35.8 Å². The molecule has 0 aromatic heterocycles. The Kier molecular flexibility index (Phi) is 16.7. The molecule has 0 aromatic rings. The second-order valence-corrected chi connectivity index (χ2v) is 7.25. The highest BCUT2D eigenvalue weighted by molar-refractivity contribution is 14.0. The first kappa shape index (κ1) is 28.4. The second kappa shape index (κ2) is 17.1. The molecule has 0 saturated carbocycles. The van der Waals surface area contributed by atoms with Crippen LogP contribution in [-0.4, -0.2) is 86.7 Å². The van der Waals surface area contributed by atoms with Crippen LogP contribution in [0.3, 0.4) is 0 Å². The number of ether oxygens (including phenoxy) is 1. The summed E-state index contributed by atoms with van der Waals surface area (Å²) in [7, 11) is 0. The zero-order valence-electron chi connectivity index (χ0n) is 19.2. The molecule has 1 rings (SSSR count). The Labute approximate surface area is 195 Å². The second-order valence-electron chi connectivity index (χ2n) is 7.25. The van der Waals surface area contributed by atoms with E-state index in [9.17, 15) is 4.79 Å². The van der Waals surface area contributed by atoms with Crippen LogP contribution in [0.4, 0.5) is 0 Å². The summed E-state index contributed by atoms with van der Waals surface area (Å²) in [5, 5.41) is 6.65. The SMILES string of the molecule is CCNC(=NCC(C(CC)CC)N1CCOCC1)NCCC(=O)N(CC)CC.I. The molecule has 7 nitrogen and oxygen atoms in total. The van der Waals surface area contributed by atoms with E-state index < -0.39 is 0 Å². The fraction of sp³-hybridized carbons (Fsp3) is 0.905. The molecule has 1 unspecified atom stereocenters. The highest BCUT2D eigenvalue weighted by Gasteiger charge is 2.26. The number of halogens is 1. The van der Waals surface area contributed by atoms with Crippen molar-refractivity contribution in [3.8, 4) is 0 Å². The first-order valence-electron chi connectivity index (χ1n) is 11.2. The lowest BCUT2D eigenvalue weighted by atomic mass is 9.92. The number of nitrogens with zero attached hydrogens (tertiary/aromatic N) is 3. The highest BCUT2D eigenvalue weighted by atomic mass is 127. The zero-order valence-corrected chi connectivity index (χ0v) is 21.5. The van der Waals surface area contributed by atoms with E-state index >= 15 is 0 Å². The van der Waals surface area contributed by atoms with Crippen LogP contribution in [0.25, 0.3) is 0 Å². The van der Waals surface area contributed by atoms with E-state index in [0.717, 1.165) is 71.3 Å². The van der Waals surface area contributed by atoms with Crippen molar-refractivity contribution in [2.45, 2.75) is 59.9 Å². The van der Waals surface area contributed by atoms with Crippen LogP contribution in [0.15, 0.2) is 4.99 Å². The molecule has 1 heterocycles. The Morgan fingerprint density at radius 1 is 1.07 bits per heavy atom. The van der Waals surface area contributed by atoms with Gasteiger partial charge in [0.2, 0.25) is 5.91 Å². The van der Waals surface area contributed by atoms with Crippen molar-refractivity contribution in [1.82, 2.24) is 20.4 Å². The third-order valence-corrected chi connectivity index (χ3v) is 5.64. The van der Waals surface area contributed by atoms with E-state index in [4.69, 9.17) is 9.73 Å². The van der Waals surface area contributed by atoms with Crippen LogP contribution in [0, 0.1) is 5.92 Å². The first-order chi connectivity index (χ1) is 13.6. The van der Waals surface area contributed by atoms with Crippen molar-refractivity contribution < 1.29 is 9.53 Å². The number of morpholine rings is 1. The quantitative estimate of drug-likeness (QED) is 0.233. The summed E-state index contributed by atoms with van der Waals surface area (Å²) in [6.07, 6.45) is 2.82. The Morgan fingerprint density at radius 3 is 2.21 bits per heavy atom. The van der Waals surface area contributed by atoms with Crippen LogP contribution < -0.4 is 10.6 Å². The standard InChI is InChI=1S/C21H43N5O2.HI/c1-6-18(7-2)19(26-13-15-28-16-14-26)17-24-21(22-8-3)23-12-11-20(27)25(9-4)10-5;/h18-19H,6-17H2,1-5H3,(H2,22,23,24);1H. The van der Waals surface area contributed by atoms with Gasteiger partial charge in [-0.05, 0) is 26.7 Å². The number of nitrogens with one attached hydrogen (secondary N) is 2. The average molecular weight is 526 g/mol. The van der Waals surface area contributed by atoms with Crippen LogP contribution >= 0.6 is 24.0 Å². The minimum Gasteiger partial charge on any atom is -0.379 e. The van der Waals surface area contributed by atoms with Crippen molar-refractivity contribution in [2.75, 3.05) is 59.0 Å². The molecular formula is C21H44IN5O2. The normalized spacial score (nSPS) is 16.3. The predicted molar refractivity (Wildman–Crippen MR) is 132 cm³/mol. The lowest BCUT2D eigenvalue weighted by molar-refractivity contribution is -0.130. The molecule has 29 heavy (non-hydrogen) atoms. The van der Waals surface area contributed by atoms with Gasteiger partial charge in [0.15, 0.2) is 5.96 Å². The Balaban J connectivity index is 0.00000784. The maximum absolute atomic E-state index is 12.2. The Morgan fingerprint density at radius 2 is 1.69 bits per heavy atom. The van der Waals surface area contributed by atoms with Gasteiger partial charge in [0.1, 0.15) is 0 Å². The van der Waals surface area contributed by atoms with Gasteiger partial charge in [-0.3, -0.25) is 14.7 Å². The predicted octanol–water partition coefficient (Wildman–Crippen LogP) is 2.56. The van der Waals surface area contributed by atoms with Gasteiger partial charge in [0, 0.05) is 51.7 Å². The van der Waals surface area contributed by atoms with Gasteiger partial charge < -0.3 is 20.3 Å². The van der Waals surface area contributed by atoms with Gasteiger partial charge in [0.05, 0.1) is 19.8 Å². The number of rotatable bonds is 12. The summed E-state index contributed by atoms with van der Waals surface area (Å²) in [5.41, 5.74) is 0. The van der Waals surface area contributed by atoms with Crippen molar-refractivity contribution in [3.05, 3.63) is 0 Å². The number of carbonyl (C=O) groups is 1. The van der Waals surface area contributed by atoms with Crippen molar-refractivity contribution in [2.24, 2.45) is 10.9 Å². The zero-order chi connectivity index (χ0) is 20.8. The maximum atomic E-state index is 12.2. The van der Waals surface area contributed by atoms with E-state index in [0.29, 0.717) is 24.9 Å². The Bertz CT molecular complexity index is 450. The van der Waals surface area contributed by atoms with Crippen LogP contribution in [0.1, 0.15) is 53.9 Å². The average Bonchev–Trinajstić information content (AvgIpc) is 2.72. The summed E-state index contributed by atoms with van der Waals surface area (Å²) in [4.78, 5) is 21.5. The number of hydrogen-bond donors (Lipinski definition) is 2. The highest BCUT2D eigenvalue weighted by Crippen LogP contribution is 2.20. The molecular weight excluding hydrogens is 481 g/mol. The third kappa shape index (κ3) is 10.3. The lowest BCUT2D eigenvalue weighted by Crippen LogP contribution is -2.49. The monoisotopic (exact) mass is 525 g/mol. The molecule has 2 N–H and O–H groups in total. The molecule has 0 bridgehead atoms. The number of hydrogen-bond acceptors (Lipinski definition) is 4. The largest absolute Gasteiger partial charge is 0.379 e. The molecule has 0 radical (unpaired) electrons. The summed E-state index contributed by atoms with van der Waals surface area (Å²) in [5.74, 6) is 1.63. The molecule has 0 aliphatic carbocycles. The van der Waals surface area contributed by atoms with E-state index in [2.05, 4.69) is 36.3 Å². The topological polar surface area (TPSA) is 69.2 Å². The van der Waals surface area contributed by atoms with Gasteiger partial charge in [-0.2, -0.15) is 0 Å². The van der Waals surface area contributed by atoms with E-state index in [-0.39, 0.29) is 29.9 Å². The molecule has 1 fully saturated rings. The number of guanidine groups is 1. The molecule has 1 aliphatic heterocycles. The van der Waals surface area contributed by atoms with Gasteiger partial charge in [-0.1, -0.05) is 26.7 Å².